The molecule has 1 aromatic heterocycles. The van der Waals surface area contributed by atoms with Crippen molar-refractivity contribution in [2.24, 2.45) is 5.92 Å². The van der Waals surface area contributed by atoms with E-state index in [1.807, 2.05) is 25.1 Å². The van der Waals surface area contributed by atoms with Gasteiger partial charge in [-0.2, -0.15) is 0 Å². The predicted molar refractivity (Wildman–Crippen MR) is 111 cm³/mol. The summed E-state index contributed by atoms with van der Waals surface area (Å²) in [5.41, 5.74) is 3.45. The Bertz CT molecular complexity index is 948. The van der Waals surface area contributed by atoms with Gasteiger partial charge < -0.3 is 5.32 Å². The first-order valence-corrected chi connectivity index (χ1v) is 10.6. The van der Waals surface area contributed by atoms with Gasteiger partial charge >= 0.3 is 0 Å². The number of nitrogens with zero attached hydrogens (tertiary/aromatic N) is 3. The van der Waals surface area contributed by atoms with Crippen LogP contribution in [-0.2, 0) is 10.5 Å². The topological polar surface area (TPSA) is 59.8 Å². The maximum Gasteiger partial charge on any atom is 0.223 e. The number of rotatable bonds is 7. The Morgan fingerprint density at radius 1 is 1.14 bits per heavy atom. The molecule has 1 atom stereocenters. The van der Waals surface area contributed by atoms with E-state index in [0.29, 0.717) is 0 Å². The number of hydrogen-bond donors (Lipinski definition) is 1. The molecule has 0 radical (unpaired) electrons. The van der Waals surface area contributed by atoms with E-state index in [-0.39, 0.29) is 17.9 Å². The minimum Gasteiger partial charge on any atom is -0.346 e. The van der Waals surface area contributed by atoms with Crippen molar-refractivity contribution in [1.29, 1.82) is 0 Å². The van der Waals surface area contributed by atoms with Crippen LogP contribution in [0.1, 0.15) is 42.8 Å². The molecule has 0 spiro atoms. The molecular formula is C22H24N4OS. The number of amides is 1. The fraction of sp³-hybridized carbons (Fsp3) is 0.318. The maximum absolute atomic E-state index is 12.2. The Hall–Kier alpha value is -2.60. The third-order valence-electron chi connectivity index (χ3n) is 4.86. The minimum atomic E-state index is -0.201. The highest BCUT2D eigenvalue weighted by Gasteiger charge is 2.31. The van der Waals surface area contributed by atoms with Crippen molar-refractivity contribution in [3.8, 4) is 5.69 Å². The summed E-state index contributed by atoms with van der Waals surface area (Å²) >= 11 is 1.65. The normalized spacial score (nSPS) is 14.6. The first kappa shape index (κ1) is 18.7. The molecule has 0 aliphatic heterocycles. The second kappa shape index (κ2) is 8.19. The summed E-state index contributed by atoms with van der Waals surface area (Å²) in [5, 5.41) is 12.8. The van der Waals surface area contributed by atoms with Crippen LogP contribution in [0.4, 0.5) is 0 Å². The summed E-state index contributed by atoms with van der Waals surface area (Å²) in [5.74, 6) is 1.86. The molecule has 1 N–H and O–H groups in total. The molecule has 2 aromatic carbocycles. The van der Waals surface area contributed by atoms with Crippen molar-refractivity contribution in [3.05, 3.63) is 71.5 Å². The third-order valence-corrected chi connectivity index (χ3v) is 5.86. The second-order valence-electron chi connectivity index (χ2n) is 7.29. The molecule has 1 amide bonds. The molecule has 28 heavy (non-hydrogen) atoms. The summed E-state index contributed by atoms with van der Waals surface area (Å²) in [7, 11) is 0. The Kier molecular flexibility index (Phi) is 5.48. The van der Waals surface area contributed by atoms with Crippen LogP contribution in [0, 0.1) is 12.8 Å². The molecule has 1 fully saturated rings. The monoisotopic (exact) mass is 392 g/mol. The maximum atomic E-state index is 12.2. The van der Waals surface area contributed by atoms with Gasteiger partial charge in [-0.05, 0) is 44.4 Å². The smallest absolute Gasteiger partial charge is 0.223 e. The van der Waals surface area contributed by atoms with Crippen molar-refractivity contribution in [3.63, 3.8) is 0 Å². The molecule has 1 aliphatic rings. The first-order valence-electron chi connectivity index (χ1n) is 9.61. The second-order valence-corrected chi connectivity index (χ2v) is 8.23. The summed E-state index contributed by atoms with van der Waals surface area (Å²) in [6.07, 6.45) is 1.97. The van der Waals surface area contributed by atoms with E-state index in [1.54, 1.807) is 11.8 Å². The van der Waals surface area contributed by atoms with Gasteiger partial charge in [-0.15, -0.1) is 10.2 Å². The van der Waals surface area contributed by atoms with E-state index in [4.69, 9.17) is 0 Å². The zero-order chi connectivity index (χ0) is 19.5. The zero-order valence-corrected chi connectivity index (χ0v) is 16.9. The predicted octanol–water partition coefficient (Wildman–Crippen LogP) is 4.46. The molecule has 1 aliphatic carbocycles. The Balaban J connectivity index is 1.62. The van der Waals surface area contributed by atoms with Crippen LogP contribution in [0.15, 0.2) is 59.8 Å². The van der Waals surface area contributed by atoms with Gasteiger partial charge in [0.15, 0.2) is 11.0 Å². The number of carbonyl (C=O) groups is 1. The number of nitrogens with one attached hydrogen (secondary N) is 1. The molecule has 3 aromatic rings. The average Bonchev–Trinajstić information content (AvgIpc) is 3.48. The fourth-order valence-electron chi connectivity index (χ4n) is 3.06. The highest BCUT2D eigenvalue weighted by molar-refractivity contribution is 7.98. The van der Waals surface area contributed by atoms with E-state index < -0.39 is 0 Å². The van der Waals surface area contributed by atoms with Gasteiger partial charge in [0, 0.05) is 17.4 Å². The van der Waals surface area contributed by atoms with E-state index in [0.717, 1.165) is 35.3 Å². The van der Waals surface area contributed by atoms with E-state index in [2.05, 4.69) is 63.4 Å². The van der Waals surface area contributed by atoms with Crippen molar-refractivity contribution in [1.82, 2.24) is 20.1 Å². The van der Waals surface area contributed by atoms with Crippen molar-refractivity contribution in [2.75, 3.05) is 0 Å². The largest absolute Gasteiger partial charge is 0.346 e. The summed E-state index contributed by atoms with van der Waals surface area (Å²) in [6.45, 7) is 4.04. The lowest BCUT2D eigenvalue weighted by Gasteiger charge is -2.16. The fourth-order valence-corrected chi connectivity index (χ4v) is 3.97. The van der Waals surface area contributed by atoms with Gasteiger partial charge in [0.25, 0.3) is 0 Å². The summed E-state index contributed by atoms with van der Waals surface area (Å²) in [6, 6.07) is 18.4. The van der Waals surface area contributed by atoms with E-state index >= 15 is 0 Å². The number of hydrogen-bond acceptors (Lipinski definition) is 4. The molecule has 1 heterocycles. The van der Waals surface area contributed by atoms with Crippen LogP contribution in [0.2, 0.25) is 0 Å². The molecular weight excluding hydrogens is 368 g/mol. The number of carbonyl (C=O) groups excluding carboxylic acids is 1. The van der Waals surface area contributed by atoms with Gasteiger partial charge in [0.2, 0.25) is 5.91 Å². The standard InChI is InChI=1S/C22H24N4OS/c1-15-8-12-19(13-9-15)26-20(16(2)23-21(27)18-10-11-18)24-25-22(26)28-14-17-6-4-3-5-7-17/h3-9,12-13,16,18H,10-11,14H2,1-2H3,(H,23,27). The first-order chi connectivity index (χ1) is 13.6. The molecule has 1 unspecified atom stereocenters. The van der Waals surface area contributed by atoms with Crippen LogP contribution < -0.4 is 5.32 Å². The van der Waals surface area contributed by atoms with Gasteiger partial charge in [0.1, 0.15) is 0 Å². The van der Waals surface area contributed by atoms with Gasteiger partial charge in [-0.25, -0.2) is 0 Å². The molecule has 0 bridgehead atoms. The Morgan fingerprint density at radius 3 is 2.54 bits per heavy atom. The highest BCUT2D eigenvalue weighted by Crippen LogP contribution is 2.31. The lowest BCUT2D eigenvalue weighted by atomic mass is 10.2. The van der Waals surface area contributed by atoms with Crippen molar-refractivity contribution < 1.29 is 4.79 Å². The lowest BCUT2D eigenvalue weighted by Crippen LogP contribution is -2.29. The molecule has 5 nitrogen and oxygen atoms in total. The molecule has 144 valence electrons. The summed E-state index contributed by atoms with van der Waals surface area (Å²) < 4.78 is 2.06. The average molecular weight is 393 g/mol. The summed E-state index contributed by atoms with van der Waals surface area (Å²) in [4.78, 5) is 12.2. The highest BCUT2D eigenvalue weighted by atomic mass is 32.2. The number of thioether (sulfide) groups is 1. The molecule has 6 heteroatoms. The number of aromatic nitrogens is 3. The molecule has 0 saturated heterocycles. The van der Waals surface area contributed by atoms with Crippen LogP contribution in [0.25, 0.3) is 5.69 Å². The van der Waals surface area contributed by atoms with Gasteiger partial charge in [-0.1, -0.05) is 59.8 Å². The number of aryl methyl sites for hydroxylation is 1. The van der Waals surface area contributed by atoms with Gasteiger partial charge in [0.05, 0.1) is 6.04 Å². The number of benzene rings is 2. The van der Waals surface area contributed by atoms with Crippen LogP contribution in [0.5, 0.6) is 0 Å². The molecule has 1 saturated carbocycles. The third kappa shape index (κ3) is 4.28. The SMILES string of the molecule is Cc1ccc(-n2c(SCc3ccccc3)nnc2C(C)NC(=O)C2CC2)cc1. The van der Waals surface area contributed by atoms with E-state index in [1.165, 1.54) is 11.1 Å². The van der Waals surface area contributed by atoms with Crippen molar-refractivity contribution >= 4 is 17.7 Å². The molecule has 4 rings (SSSR count). The van der Waals surface area contributed by atoms with Crippen molar-refractivity contribution in [2.45, 2.75) is 43.6 Å². The van der Waals surface area contributed by atoms with Crippen LogP contribution in [-0.4, -0.2) is 20.7 Å². The van der Waals surface area contributed by atoms with Crippen LogP contribution in [0.3, 0.4) is 0 Å². The van der Waals surface area contributed by atoms with E-state index in [9.17, 15) is 4.79 Å². The Morgan fingerprint density at radius 2 is 1.86 bits per heavy atom. The quantitative estimate of drug-likeness (QED) is 0.603. The zero-order valence-electron chi connectivity index (χ0n) is 16.1. The van der Waals surface area contributed by atoms with Gasteiger partial charge in [-0.3, -0.25) is 9.36 Å². The lowest BCUT2D eigenvalue weighted by molar-refractivity contribution is -0.123. The minimum absolute atomic E-state index is 0.115. The van der Waals surface area contributed by atoms with Crippen LogP contribution >= 0.6 is 11.8 Å². The Labute approximate surface area is 169 Å².